The number of halogens is 1. The van der Waals surface area contributed by atoms with Gasteiger partial charge in [-0.1, -0.05) is 35.4 Å². The monoisotopic (exact) mass is 305 g/mol. The van der Waals surface area contributed by atoms with Crippen molar-refractivity contribution in [2.75, 3.05) is 11.9 Å². The fourth-order valence-corrected chi connectivity index (χ4v) is 2.03. The number of nitrogens with one attached hydrogen (secondary N) is 1. The number of aliphatic hydroxyl groups excluding tert-OH is 1. The zero-order valence-electron chi connectivity index (χ0n) is 11.6. The van der Waals surface area contributed by atoms with Crippen molar-refractivity contribution < 1.29 is 14.6 Å². The van der Waals surface area contributed by atoms with Gasteiger partial charge in [0.25, 0.3) is 5.91 Å². The Morgan fingerprint density at radius 2 is 1.95 bits per heavy atom. The Kier molecular flexibility index (Phi) is 5.20. The Morgan fingerprint density at radius 1 is 1.24 bits per heavy atom. The zero-order valence-corrected chi connectivity index (χ0v) is 12.4. The first-order valence-electron chi connectivity index (χ1n) is 6.47. The van der Waals surface area contributed by atoms with Crippen LogP contribution in [0.25, 0.3) is 0 Å². The molecule has 2 N–H and O–H groups in total. The highest BCUT2D eigenvalue weighted by Gasteiger charge is 2.09. The van der Waals surface area contributed by atoms with Crippen molar-refractivity contribution in [3.63, 3.8) is 0 Å². The van der Waals surface area contributed by atoms with Gasteiger partial charge in [-0.15, -0.1) is 0 Å². The number of ether oxygens (including phenoxy) is 1. The van der Waals surface area contributed by atoms with Gasteiger partial charge < -0.3 is 15.2 Å². The summed E-state index contributed by atoms with van der Waals surface area (Å²) in [6, 6.07) is 12.5. The van der Waals surface area contributed by atoms with E-state index in [4.69, 9.17) is 16.3 Å². The highest BCUT2D eigenvalue weighted by Crippen LogP contribution is 2.26. The molecule has 0 fully saturated rings. The molecule has 1 amide bonds. The molecule has 0 unspecified atom stereocenters. The zero-order chi connectivity index (χ0) is 15.2. The molecule has 0 atom stereocenters. The molecule has 0 heterocycles. The maximum absolute atomic E-state index is 11.8. The maximum atomic E-state index is 11.8. The van der Waals surface area contributed by atoms with Crippen LogP contribution >= 0.6 is 11.6 Å². The van der Waals surface area contributed by atoms with E-state index < -0.39 is 0 Å². The quantitative estimate of drug-likeness (QED) is 0.892. The lowest BCUT2D eigenvalue weighted by Gasteiger charge is -2.11. The highest BCUT2D eigenvalue weighted by molar-refractivity contribution is 6.31. The molecule has 0 saturated carbocycles. The highest BCUT2D eigenvalue weighted by atomic mass is 35.5. The van der Waals surface area contributed by atoms with Gasteiger partial charge in [0.05, 0.1) is 6.61 Å². The fourth-order valence-electron chi connectivity index (χ4n) is 1.80. The number of rotatable bonds is 5. The summed E-state index contributed by atoms with van der Waals surface area (Å²) in [6.07, 6.45) is 0. The standard InChI is InChI=1S/C16H16ClNO3/c1-11-5-7-12(8-6-11)18-16(20)10-21-15-4-2-3-14(17)13(15)9-19/h2-8,19H,9-10H2,1H3,(H,18,20). The average molecular weight is 306 g/mol. The molecule has 2 aromatic rings. The molecule has 0 saturated heterocycles. The first-order valence-corrected chi connectivity index (χ1v) is 6.85. The molecule has 21 heavy (non-hydrogen) atoms. The second-order valence-corrected chi connectivity index (χ2v) is 4.98. The number of carbonyl (C=O) groups is 1. The van der Waals surface area contributed by atoms with Crippen LogP contribution < -0.4 is 10.1 Å². The van der Waals surface area contributed by atoms with Crippen LogP contribution in [0.4, 0.5) is 5.69 Å². The Bertz CT molecular complexity index is 626. The van der Waals surface area contributed by atoms with Crippen molar-refractivity contribution in [2.24, 2.45) is 0 Å². The normalized spacial score (nSPS) is 10.2. The average Bonchev–Trinajstić information content (AvgIpc) is 2.47. The van der Waals surface area contributed by atoms with Crippen molar-refractivity contribution in [1.82, 2.24) is 0 Å². The van der Waals surface area contributed by atoms with Gasteiger partial charge in [0.1, 0.15) is 5.75 Å². The summed E-state index contributed by atoms with van der Waals surface area (Å²) >= 11 is 5.95. The van der Waals surface area contributed by atoms with E-state index in [1.54, 1.807) is 18.2 Å². The van der Waals surface area contributed by atoms with E-state index in [-0.39, 0.29) is 19.1 Å². The molecule has 110 valence electrons. The molecule has 2 rings (SSSR count). The minimum Gasteiger partial charge on any atom is -0.483 e. The largest absolute Gasteiger partial charge is 0.483 e. The molecule has 2 aromatic carbocycles. The molecule has 0 aliphatic heterocycles. The molecule has 0 aromatic heterocycles. The van der Waals surface area contributed by atoms with Gasteiger partial charge in [-0.05, 0) is 31.2 Å². The maximum Gasteiger partial charge on any atom is 0.262 e. The second kappa shape index (κ2) is 7.11. The second-order valence-electron chi connectivity index (χ2n) is 4.58. The van der Waals surface area contributed by atoms with Gasteiger partial charge in [0.2, 0.25) is 0 Å². The number of hydrogen-bond acceptors (Lipinski definition) is 3. The van der Waals surface area contributed by atoms with Crippen molar-refractivity contribution in [3.05, 3.63) is 58.6 Å². The summed E-state index contributed by atoms with van der Waals surface area (Å²) in [6.45, 7) is 1.58. The number of hydrogen-bond donors (Lipinski definition) is 2. The minimum atomic E-state index is -0.275. The van der Waals surface area contributed by atoms with Gasteiger partial charge >= 0.3 is 0 Å². The lowest BCUT2D eigenvalue weighted by molar-refractivity contribution is -0.118. The van der Waals surface area contributed by atoms with E-state index >= 15 is 0 Å². The minimum absolute atomic E-state index is 0.152. The lowest BCUT2D eigenvalue weighted by atomic mass is 10.2. The predicted molar refractivity (Wildman–Crippen MR) is 82.7 cm³/mol. The molecular formula is C16H16ClNO3. The molecule has 0 aliphatic rings. The summed E-state index contributed by atoms with van der Waals surface area (Å²) in [4.78, 5) is 11.8. The van der Waals surface area contributed by atoms with Crippen LogP contribution in [0.15, 0.2) is 42.5 Å². The number of carbonyl (C=O) groups excluding carboxylic acids is 1. The van der Waals surface area contributed by atoms with Crippen LogP contribution in [-0.2, 0) is 11.4 Å². The van der Waals surface area contributed by atoms with E-state index in [1.807, 2.05) is 31.2 Å². The van der Waals surface area contributed by atoms with Crippen LogP contribution in [0.5, 0.6) is 5.75 Å². The predicted octanol–water partition coefficient (Wildman–Crippen LogP) is 3.16. The van der Waals surface area contributed by atoms with E-state index in [0.29, 0.717) is 22.0 Å². The van der Waals surface area contributed by atoms with Gasteiger partial charge in [-0.2, -0.15) is 0 Å². The van der Waals surface area contributed by atoms with E-state index in [9.17, 15) is 9.90 Å². The third-order valence-electron chi connectivity index (χ3n) is 2.93. The van der Waals surface area contributed by atoms with Gasteiger partial charge in [0, 0.05) is 16.3 Å². The van der Waals surface area contributed by atoms with E-state index in [1.165, 1.54) is 0 Å². The Balaban J connectivity index is 1.95. The molecule has 0 spiro atoms. The molecule has 5 heteroatoms. The van der Waals surface area contributed by atoms with Crippen molar-refractivity contribution >= 4 is 23.2 Å². The molecule has 0 radical (unpaired) electrons. The van der Waals surface area contributed by atoms with E-state index in [0.717, 1.165) is 5.56 Å². The fraction of sp³-hybridized carbons (Fsp3) is 0.188. The smallest absolute Gasteiger partial charge is 0.262 e. The number of aryl methyl sites for hydroxylation is 1. The van der Waals surface area contributed by atoms with Crippen molar-refractivity contribution in [1.29, 1.82) is 0 Å². The van der Waals surface area contributed by atoms with Crippen molar-refractivity contribution in [3.8, 4) is 5.75 Å². The Hall–Kier alpha value is -2.04. The summed E-state index contributed by atoms with van der Waals surface area (Å²) in [5.41, 5.74) is 2.31. The van der Waals surface area contributed by atoms with Crippen LogP contribution in [-0.4, -0.2) is 17.6 Å². The topological polar surface area (TPSA) is 58.6 Å². The third-order valence-corrected chi connectivity index (χ3v) is 3.28. The first-order chi connectivity index (χ1) is 10.1. The van der Waals surface area contributed by atoms with Gasteiger partial charge in [-0.25, -0.2) is 0 Å². The molecule has 0 bridgehead atoms. The van der Waals surface area contributed by atoms with Crippen LogP contribution in [0.3, 0.4) is 0 Å². The Labute approximate surface area is 128 Å². The molecule has 4 nitrogen and oxygen atoms in total. The van der Waals surface area contributed by atoms with Crippen LogP contribution in [0, 0.1) is 6.92 Å². The number of benzene rings is 2. The number of aliphatic hydroxyl groups is 1. The van der Waals surface area contributed by atoms with Gasteiger partial charge in [0.15, 0.2) is 6.61 Å². The van der Waals surface area contributed by atoms with E-state index in [2.05, 4.69) is 5.32 Å². The SMILES string of the molecule is Cc1ccc(NC(=O)COc2cccc(Cl)c2CO)cc1. The van der Waals surface area contributed by atoms with Crippen LogP contribution in [0.1, 0.15) is 11.1 Å². The Morgan fingerprint density at radius 3 is 2.62 bits per heavy atom. The summed E-state index contributed by atoms with van der Waals surface area (Å²) in [5.74, 6) is 0.131. The summed E-state index contributed by atoms with van der Waals surface area (Å²) in [5, 5.41) is 12.4. The number of anilines is 1. The lowest BCUT2D eigenvalue weighted by Crippen LogP contribution is -2.20. The molecule has 0 aliphatic carbocycles. The summed E-state index contributed by atoms with van der Waals surface area (Å²) in [7, 11) is 0. The van der Waals surface area contributed by atoms with Gasteiger partial charge in [-0.3, -0.25) is 4.79 Å². The molecular weight excluding hydrogens is 290 g/mol. The van der Waals surface area contributed by atoms with Crippen LogP contribution in [0.2, 0.25) is 5.02 Å². The summed E-state index contributed by atoms with van der Waals surface area (Å²) < 4.78 is 5.41. The first kappa shape index (κ1) is 15.4. The van der Waals surface area contributed by atoms with Crippen molar-refractivity contribution in [2.45, 2.75) is 13.5 Å². The third kappa shape index (κ3) is 4.21. The number of amides is 1.